The molecule has 0 bridgehead atoms. The van der Waals surface area contributed by atoms with Crippen LogP contribution in [0.2, 0.25) is 0 Å². The monoisotopic (exact) mass is 475 g/mol. The molecule has 182 valence electrons. The zero-order valence-corrected chi connectivity index (χ0v) is 19.9. The first-order chi connectivity index (χ1) is 16.9. The minimum atomic E-state index is -0.764. The van der Waals surface area contributed by atoms with Crippen molar-refractivity contribution in [1.29, 1.82) is 0 Å². The fourth-order valence-electron chi connectivity index (χ4n) is 5.38. The quantitative estimate of drug-likeness (QED) is 0.656. The lowest BCUT2D eigenvalue weighted by Gasteiger charge is -2.48. The summed E-state index contributed by atoms with van der Waals surface area (Å²) >= 11 is 0. The number of para-hydroxylation sites is 1. The van der Waals surface area contributed by atoms with Gasteiger partial charge in [0, 0.05) is 57.5 Å². The molecule has 3 aliphatic heterocycles. The Hall–Kier alpha value is -3.75. The molecule has 1 aromatic heterocycles. The van der Waals surface area contributed by atoms with E-state index in [0.717, 1.165) is 5.69 Å². The molecule has 9 nitrogen and oxygen atoms in total. The standard InChI is InChI=1S/C26H29N5O4/c1-26-11-9-23(33)31(26)21-8-3-2-7-20(21)25(35)30(26)13-10-22(32)28-14-16-29(17-15-28)24(34)18-19-6-4-5-12-27-19/h2-8,12H,9-11,13-18H2,1H3. The maximum Gasteiger partial charge on any atom is 0.257 e. The highest BCUT2D eigenvalue weighted by Crippen LogP contribution is 2.44. The first kappa shape index (κ1) is 23.0. The Kier molecular flexibility index (Phi) is 6.00. The number of hydrogen-bond donors (Lipinski definition) is 0. The molecule has 0 N–H and O–H groups in total. The van der Waals surface area contributed by atoms with E-state index in [1.165, 1.54) is 0 Å². The molecular weight excluding hydrogens is 446 g/mol. The molecule has 0 saturated carbocycles. The van der Waals surface area contributed by atoms with Crippen LogP contribution in [-0.4, -0.2) is 81.7 Å². The molecule has 4 amide bonds. The van der Waals surface area contributed by atoms with Crippen molar-refractivity contribution in [3.63, 3.8) is 0 Å². The van der Waals surface area contributed by atoms with Crippen molar-refractivity contribution >= 4 is 29.3 Å². The van der Waals surface area contributed by atoms with Crippen LogP contribution in [0.15, 0.2) is 48.7 Å². The summed E-state index contributed by atoms with van der Waals surface area (Å²) in [6.45, 7) is 4.03. The number of rotatable bonds is 5. The van der Waals surface area contributed by atoms with E-state index in [-0.39, 0.29) is 43.0 Å². The number of anilines is 1. The Morgan fingerprint density at radius 1 is 0.943 bits per heavy atom. The first-order valence-corrected chi connectivity index (χ1v) is 12.1. The fraction of sp³-hybridized carbons (Fsp3) is 0.423. The minimum absolute atomic E-state index is 0.00438. The van der Waals surface area contributed by atoms with E-state index in [2.05, 4.69) is 4.98 Å². The predicted octanol–water partition coefficient (Wildman–Crippen LogP) is 1.68. The average Bonchev–Trinajstić information content (AvgIpc) is 3.19. The maximum absolute atomic E-state index is 13.3. The Morgan fingerprint density at radius 3 is 2.34 bits per heavy atom. The summed E-state index contributed by atoms with van der Waals surface area (Å²) < 4.78 is 0. The summed E-state index contributed by atoms with van der Waals surface area (Å²) in [5.74, 6) is -0.192. The third kappa shape index (κ3) is 4.15. The van der Waals surface area contributed by atoms with E-state index < -0.39 is 5.66 Å². The third-order valence-electron chi connectivity index (χ3n) is 7.34. The summed E-state index contributed by atoms with van der Waals surface area (Å²) in [4.78, 5) is 62.8. The van der Waals surface area contributed by atoms with E-state index in [4.69, 9.17) is 0 Å². The van der Waals surface area contributed by atoms with Crippen LogP contribution in [0.1, 0.15) is 42.2 Å². The summed E-state index contributed by atoms with van der Waals surface area (Å²) in [5.41, 5.74) is 1.11. The molecule has 3 aliphatic rings. The van der Waals surface area contributed by atoms with E-state index in [0.29, 0.717) is 50.3 Å². The van der Waals surface area contributed by atoms with Crippen LogP contribution < -0.4 is 4.90 Å². The summed E-state index contributed by atoms with van der Waals surface area (Å²) in [6, 6.07) is 12.7. The molecule has 2 aromatic rings. The SMILES string of the molecule is CC12CCC(=O)N1c1ccccc1C(=O)N2CCC(=O)N1CCN(C(=O)Cc2ccccn2)CC1. The highest BCUT2D eigenvalue weighted by atomic mass is 16.2. The number of carbonyl (C=O) groups is 4. The smallest absolute Gasteiger partial charge is 0.257 e. The van der Waals surface area contributed by atoms with Crippen molar-refractivity contribution in [2.24, 2.45) is 0 Å². The number of pyridine rings is 1. The second-order valence-corrected chi connectivity index (χ2v) is 9.43. The number of carbonyl (C=O) groups excluding carboxylic acids is 4. The van der Waals surface area contributed by atoms with Gasteiger partial charge >= 0.3 is 0 Å². The normalized spacial score (nSPS) is 21.7. The number of hydrogen-bond acceptors (Lipinski definition) is 5. The Labute approximate surface area is 204 Å². The number of fused-ring (bicyclic) bond motifs is 3. The van der Waals surface area contributed by atoms with Gasteiger partial charge in [0.25, 0.3) is 5.91 Å². The lowest BCUT2D eigenvalue weighted by molar-refractivity contribution is -0.139. The molecule has 0 aliphatic carbocycles. The number of benzene rings is 1. The van der Waals surface area contributed by atoms with Gasteiger partial charge in [0.2, 0.25) is 17.7 Å². The Balaban J connectivity index is 1.20. The van der Waals surface area contributed by atoms with Crippen molar-refractivity contribution in [3.8, 4) is 0 Å². The van der Waals surface area contributed by atoms with E-state index in [1.54, 1.807) is 37.9 Å². The molecule has 2 saturated heterocycles. The second kappa shape index (κ2) is 9.13. The van der Waals surface area contributed by atoms with Crippen LogP contribution >= 0.6 is 0 Å². The van der Waals surface area contributed by atoms with Crippen molar-refractivity contribution in [2.45, 2.75) is 38.3 Å². The lowest BCUT2D eigenvalue weighted by Crippen LogP contribution is -2.62. The van der Waals surface area contributed by atoms with E-state index in [1.807, 2.05) is 37.3 Å². The largest absolute Gasteiger partial charge is 0.339 e. The zero-order valence-electron chi connectivity index (χ0n) is 19.9. The molecule has 0 radical (unpaired) electrons. The minimum Gasteiger partial charge on any atom is -0.339 e. The number of nitrogens with zero attached hydrogens (tertiary/aromatic N) is 5. The van der Waals surface area contributed by atoms with Gasteiger partial charge in [0.1, 0.15) is 5.66 Å². The molecule has 2 fully saturated rings. The van der Waals surface area contributed by atoms with Crippen LogP contribution in [0.25, 0.3) is 0 Å². The predicted molar refractivity (Wildman–Crippen MR) is 128 cm³/mol. The molecule has 35 heavy (non-hydrogen) atoms. The molecule has 0 spiro atoms. The summed E-state index contributed by atoms with van der Waals surface area (Å²) in [5, 5.41) is 0. The van der Waals surface area contributed by atoms with Gasteiger partial charge < -0.3 is 14.7 Å². The average molecular weight is 476 g/mol. The van der Waals surface area contributed by atoms with E-state index in [9.17, 15) is 19.2 Å². The van der Waals surface area contributed by atoms with Crippen molar-refractivity contribution in [2.75, 3.05) is 37.6 Å². The van der Waals surface area contributed by atoms with Crippen LogP contribution in [0.3, 0.4) is 0 Å². The van der Waals surface area contributed by atoms with Crippen LogP contribution in [0.4, 0.5) is 5.69 Å². The van der Waals surface area contributed by atoms with Gasteiger partial charge in [-0.2, -0.15) is 0 Å². The lowest BCUT2D eigenvalue weighted by atomic mass is 9.98. The van der Waals surface area contributed by atoms with Gasteiger partial charge in [-0.3, -0.25) is 29.1 Å². The molecule has 1 unspecified atom stereocenters. The van der Waals surface area contributed by atoms with Crippen LogP contribution in [0.5, 0.6) is 0 Å². The Bertz CT molecular complexity index is 1160. The zero-order chi connectivity index (χ0) is 24.6. The number of amides is 4. The second-order valence-electron chi connectivity index (χ2n) is 9.43. The number of aromatic nitrogens is 1. The summed E-state index contributed by atoms with van der Waals surface area (Å²) in [7, 11) is 0. The van der Waals surface area contributed by atoms with Gasteiger partial charge in [-0.25, -0.2) is 0 Å². The van der Waals surface area contributed by atoms with Gasteiger partial charge in [0.05, 0.1) is 17.7 Å². The van der Waals surface area contributed by atoms with Crippen molar-refractivity contribution in [1.82, 2.24) is 19.7 Å². The molecule has 1 aromatic carbocycles. The first-order valence-electron chi connectivity index (χ1n) is 12.1. The van der Waals surface area contributed by atoms with Gasteiger partial charge in [-0.15, -0.1) is 0 Å². The molecule has 4 heterocycles. The highest BCUT2D eigenvalue weighted by molar-refractivity contribution is 6.10. The molecule has 5 rings (SSSR count). The van der Waals surface area contributed by atoms with Crippen LogP contribution in [0, 0.1) is 0 Å². The molecule has 1 atom stereocenters. The van der Waals surface area contributed by atoms with Crippen molar-refractivity contribution < 1.29 is 19.2 Å². The van der Waals surface area contributed by atoms with Gasteiger partial charge in [-0.1, -0.05) is 18.2 Å². The fourth-order valence-corrected chi connectivity index (χ4v) is 5.38. The van der Waals surface area contributed by atoms with E-state index >= 15 is 0 Å². The molecular formula is C26H29N5O4. The Morgan fingerprint density at radius 2 is 1.63 bits per heavy atom. The van der Waals surface area contributed by atoms with Crippen molar-refractivity contribution in [3.05, 3.63) is 59.9 Å². The van der Waals surface area contributed by atoms with Gasteiger partial charge in [0.15, 0.2) is 0 Å². The van der Waals surface area contributed by atoms with Gasteiger partial charge in [-0.05, 0) is 37.6 Å². The topological polar surface area (TPSA) is 94.1 Å². The highest BCUT2D eigenvalue weighted by Gasteiger charge is 2.52. The molecule has 9 heteroatoms. The van der Waals surface area contributed by atoms with Crippen LogP contribution in [-0.2, 0) is 20.8 Å². The third-order valence-corrected chi connectivity index (χ3v) is 7.34. The number of piperazine rings is 1. The maximum atomic E-state index is 13.3. The summed E-state index contributed by atoms with van der Waals surface area (Å²) in [6.07, 6.45) is 3.01.